The van der Waals surface area contributed by atoms with E-state index in [4.69, 9.17) is 0 Å². The van der Waals surface area contributed by atoms with Crippen LogP contribution in [0.15, 0.2) is 24.3 Å². The third-order valence-corrected chi connectivity index (χ3v) is 2.72. The van der Waals surface area contributed by atoms with E-state index >= 15 is 0 Å². The van der Waals surface area contributed by atoms with Crippen LogP contribution in [0.1, 0.15) is 25.3 Å². The second-order valence-corrected chi connectivity index (χ2v) is 4.46. The topological polar surface area (TPSA) is 49.3 Å². The molecule has 1 aromatic rings. The Balaban J connectivity index is 1.93. The smallest absolute Gasteiger partial charge is 0.224 e. The van der Waals surface area contributed by atoms with Gasteiger partial charge in [0.15, 0.2) is 0 Å². The Morgan fingerprint density at radius 1 is 1.53 bits per heavy atom. The predicted molar refractivity (Wildman–Crippen MR) is 57.6 cm³/mol. The summed E-state index contributed by atoms with van der Waals surface area (Å²) >= 11 is 0. The minimum Gasteiger partial charge on any atom is -0.508 e. The average molecular weight is 205 g/mol. The van der Waals surface area contributed by atoms with Crippen molar-refractivity contribution in [3.05, 3.63) is 29.8 Å². The van der Waals surface area contributed by atoms with Crippen molar-refractivity contribution in [1.82, 2.24) is 5.32 Å². The van der Waals surface area contributed by atoms with E-state index in [1.165, 1.54) is 0 Å². The molecule has 0 unspecified atom stereocenters. The molecule has 0 radical (unpaired) electrons. The lowest BCUT2D eigenvalue weighted by molar-refractivity contribution is -0.121. The molecule has 80 valence electrons. The first-order chi connectivity index (χ1) is 7.07. The van der Waals surface area contributed by atoms with Crippen molar-refractivity contribution in [1.29, 1.82) is 0 Å². The molecular weight excluding hydrogens is 190 g/mol. The number of amides is 1. The molecule has 0 atom stereocenters. The van der Waals surface area contributed by atoms with Gasteiger partial charge in [-0.3, -0.25) is 4.79 Å². The fraction of sp³-hybridized carbons (Fsp3) is 0.417. The molecule has 1 saturated carbocycles. The van der Waals surface area contributed by atoms with Crippen molar-refractivity contribution in [3.63, 3.8) is 0 Å². The second-order valence-electron chi connectivity index (χ2n) is 4.46. The summed E-state index contributed by atoms with van der Waals surface area (Å²) in [6.07, 6.45) is 2.47. The molecule has 1 aromatic carbocycles. The van der Waals surface area contributed by atoms with Crippen molar-refractivity contribution in [3.8, 4) is 5.75 Å². The van der Waals surface area contributed by atoms with Crippen molar-refractivity contribution in [2.24, 2.45) is 0 Å². The molecule has 2 rings (SSSR count). The zero-order chi connectivity index (χ0) is 10.9. The molecule has 3 heteroatoms. The highest BCUT2D eigenvalue weighted by atomic mass is 16.3. The van der Waals surface area contributed by atoms with Gasteiger partial charge in [-0.1, -0.05) is 12.1 Å². The molecule has 2 N–H and O–H groups in total. The van der Waals surface area contributed by atoms with E-state index in [0.717, 1.165) is 18.4 Å². The van der Waals surface area contributed by atoms with E-state index in [1.54, 1.807) is 18.2 Å². The summed E-state index contributed by atoms with van der Waals surface area (Å²) in [4.78, 5) is 11.6. The number of hydrogen-bond donors (Lipinski definition) is 2. The molecule has 0 spiro atoms. The first-order valence-electron chi connectivity index (χ1n) is 5.16. The largest absolute Gasteiger partial charge is 0.508 e. The third-order valence-electron chi connectivity index (χ3n) is 2.72. The monoisotopic (exact) mass is 205 g/mol. The van der Waals surface area contributed by atoms with Gasteiger partial charge in [0.05, 0.1) is 6.42 Å². The Bertz CT molecular complexity index is 383. The number of phenols is 1. The lowest BCUT2D eigenvalue weighted by Gasteiger charge is -2.11. The van der Waals surface area contributed by atoms with Gasteiger partial charge in [0.2, 0.25) is 5.91 Å². The van der Waals surface area contributed by atoms with E-state index in [2.05, 4.69) is 5.32 Å². The van der Waals surface area contributed by atoms with E-state index in [0.29, 0.717) is 6.42 Å². The average Bonchev–Trinajstić information content (AvgIpc) is 2.82. The Morgan fingerprint density at radius 2 is 2.27 bits per heavy atom. The molecule has 1 aliphatic rings. The summed E-state index contributed by atoms with van der Waals surface area (Å²) in [5.41, 5.74) is 0.880. The van der Waals surface area contributed by atoms with Crippen molar-refractivity contribution < 1.29 is 9.90 Å². The summed E-state index contributed by atoms with van der Waals surface area (Å²) in [5.74, 6) is 0.235. The van der Waals surface area contributed by atoms with Gasteiger partial charge in [0.25, 0.3) is 0 Å². The number of phenolic OH excluding ortho intramolecular Hbond substituents is 1. The second kappa shape index (κ2) is 3.57. The van der Waals surface area contributed by atoms with Crippen LogP contribution in [-0.2, 0) is 11.2 Å². The summed E-state index contributed by atoms with van der Waals surface area (Å²) in [5, 5.41) is 12.2. The van der Waals surface area contributed by atoms with E-state index in [-0.39, 0.29) is 17.2 Å². The van der Waals surface area contributed by atoms with E-state index in [1.807, 2.05) is 13.0 Å². The lowest BCUT2D eigenvalue weighted by atomic mass is 10.1. The molecule has 15 heavy (non-hydrogen) atoms. The highest BCUT2D eigenvalue weighted by Crippen LogP contribution is 2.34. The van der Waals surface area contributed by atoms with Gasteiger partial charge in [0, 0.05) is 5.54 Å². The van der Waals surface area contributed by atoms with Gasteiger partial charge in [0.1, 0.15) is 5.75 Å². The van der Waals surface area contributed by atoms with Gasteiger partial charge in [-0.05, 0) is 37.5 Å². The molecule has 1 fully saturated rings. The fourth-order valence-electron chi connectivity index (χ4n) is 1.55. The summed E-state index contributed by atoms with van der Waals surface area (Å²) < 4.78 is 0. The van der Waals surface area contributed by atoms with Gasteiger partial charge in [-0.25, -0.2) is 0 Å². The van der Waals surface area contributed by atoms with Gasteiger partial charge >= 0.3 is 0 Å². The van der Waals surface area contributed by atoms with Crippen LogP contribution in [0.3, 0.4) is 0 Å². The van der Waals surface area contributed by atoms with Gasteiger partial charge in [-0.2, -0.15) is 0 Å². The number of aromatic hydroxyl groups is 1. The van der Waals surface area contributed by atoms with Crippen LogP contribution in [0.5, 0.6) is 5.75 Å². The Labute approximate surface area is 89.1 Å². The normalized spacial score (nSPS) is 17.1. The molecule has 3 nitrogen and oxygen atoms in total. The molecule has 0 aliphatic heterocycles. The Hall–Kier alpha value is -1.51. The standard InChI is InChI=1S/C12H15NO2/c1-12(5-6-12)13-11(15)8-9-3-2-4-10(14)7-9/h2-4,7,14H,5-6,8H2,1H3,(H,13,15). The number of nitrogens with one attached hydrogen (secondary N) is 1. The zero-order valence-corrected chi connectivity index (χ0v) is 8.79. The SMILES string of the molecule is CC1(NC(=O)Cc2cccc(O)c2)CC1. The summed E-state index contributed by atoms with van der Waals surface area (Å²) in [6, 6.07) is 6.81. The first-order valence-corrected chi connectivity index (χ1v) is 5.16. The quantitative estimate of drug-likeness (QED) is 0.787. The van der Waals surface area contributed by atoms with Crippen LogP contribution in [-0.4, -0.2) is 16.6 Å². The van der Waals surface area contributed by atoms with Crippen LogP contribution >= 0.6 is 0 Å². The first kappa shape index (κ1) is 10.0. The van der Waals surface area contributed by atoms with Gasteiger partial charge < -0.3 is 10.4 Å². The highest BCUT2D eigenvalue weighted by molar-refractivity contribution is 5.79. The van der Waals surface area contributed by atoms with Gasteiger partial charge in [-0.15, -0.1) is 0 Å². The van der Waals surface area contributed by atoms with Crippen molar-refractivity contribution in [2.75, 3.05) is 0 Å². The maximum Gasteiger partial charge on any atom is 0.224 e. The zero-order valence-electron chi connectivity index (χ0n) is 8.79. The highest BCUT2D eigenvalue weighted by Gasteiger charge is 2.38. The van der Waals surface area contributed by atoms with Crippen LogP contribution in [0.25, 0.3) is 0 Å². The molecule has 1 aliphatic carbocycles. The van der Waals surface area contributed by atoms with Crippen LogP contribution in [0, 0.1) is 0 Å². The maximum atomic E-state index is 11.6. The van der Waals surface area contributed by atoms with Crippen molar-refractivity contribution >= 4 is 5.91 Å². The summed E-state index contributed by atoms with van der Waals surface area (Å²) in [7, 11) is 0. The lowest BCUT2D eigenvalue weighted by Crippen LogP contribution is -2.35. The number of benzene rings is 1. The maximum absolute atomic E-state index is 11.6. The predicted octanol–water partition coefficient (Wildman–Crippen LogP) is 1.60. The Kier molecular flexibility index (Phi) is 2.39. The number of hydrogen-bond acceptors (Lipinski definition) is 2. The third kappa shape index (κ3) is 2.72. The number of rotatable bonds is 3. The molecule has 0 heterocycles. The Morgan fingerprint density at radius 3 is 2.87 bits per heavy atom. The molecule has 0 bridgehead atoms. The number of carbonyl (C=O) groups excluding carboxylic acids is 1. The van der Waals surface area contributed by atoms with Crippen LogP contribution < -0.4 is 5.32 Å². The van der Waals surface area contributed by atoms with Crippen LogP contribution in [0.4, 0.5) is 0 Å². The van der Waals surface area contributed by atoms with Crippen LogP contribution in [0.2, 0.25) is 0 Å². The minimum atomic E-state index is 0.0283. The fourth-order valence-corrected chi connectivity index (χ4v) is 1.55. The summed E-state index contributed by atoms with van der Waals surface area (Å²) in [6.45, 7) is 2.05. The van der Waals surface area contributed by atoms with E-state index < -0.39 is 0 Å². The molecule has 0 saturated heterocycles. The van der Waals surface area contributed by atoms with Crippen molar-refractivity contribution in [2.45, 2.75) is 31.7 Å². The van der Waals surface area contributed by atoms with E-state index in [9.17, 15) is 9.90 Å². The molecule has 0 aromatic heterocycles. The molecular formula is C12H15NO2. The minimum absolute atomic E-state index is 0.0283. The molecule has 1 amide bonds. The number of carbonyl (C=O) groups is 1.